The van der Waals surface area contributed by atoms with Gasteiger partial charge in [0.25, 0.3) is 0 Å². The van der Waals surface area contributed by atoms with Gasteiger partial charge in [-0.2, -0.15) is 0 Å². The molecule has 1 saturated heterocycles. The van der Waals surface area contributed by atoms with Crippen molar-refractivity contribution in [1.82, 2.24) is 4.90 Å². The van der Waals surface area contributed by atoms with E-state index in [0.29, 0.717) is 22.6 Å². The number of aliphatic hydroxyl groups excluding tert-OH is 1. The summed E-state index contributed by atoms with van der Waals surface area (Å²) in [7, 11) is 1.52. The van der Waals surface area contributed by atoms with Crippen LogP contribution in [0, 0.1) is 0 Å². The minimum Gasteiger partial charge on any atom is -0.496 e. The van der Waals surface area contributed by atoms with Gasteiger partial charge in [0.05, 0.1) is 24.5 Å². The summed E-state index contributed by atoms with van der Waals surface area (Å²) in [6.45, 7) is 1.87. The van der Waals surface area contributed by atoms with E-state index in [2.05, 4.69) is 4.74 Å². The Morgan fingerprint density at radius 2 is 1.87 bits per heavy atom. The highest BCUT2D eigenvalue weighted by Crippen LogP contribution is 2.47. The molecule has 0 radical (unpaired) electrons. The number of rotatable bonds is 8. The van der Waals surface area contributed by atoms with E-state index in [1.165, 1.54) is 43.1 Å². The Labute approximate surface area is 181 Å². The number of carbonyl (C=O) groups excluding carboxylic acids is 1. The van der Waals surface area contributed by atoms with Crippen LogP contribution < -0.4 is 14.2 Å². The number of hydrogen-bond acceptors (Lipinski definition) is 6. The number of methoxy groups -OCH3 is 1. The highest BCUT2D eigenvalue weighted by atomic mass is 32.2. The van der Waals surface area contributed by atoms with Crippen molar-refractivity contribution in [2.24, 2.45) is 0 Å². The number of aliphatic hydroxyl groups is 1. The first-order chi connectivity index (χ1) is 14.7. The molecule has 1 fully saturated rings. The number of benzene rings is 2. The van der Waals surface area contributed by atoms with Crippen molar-refractivity contribution in [3.63, 3.8) is 0 Å². The molecule has 0 spiro atoms. The normalized spacial score (nSPS) is 17.5. The van der Waals surface area contributed by atoms with Gasteiger partial charge < -0.3 is 24.2 Å². The van der Waals surface area contributed by atoms with Crippen LogP contribution in [-0.2, 0) is 11.3 Å². The fourth-order valence-electron chi connectivity index (χ4n) is 3.14. The van der Waals surface area contributed by atoms with Gasteiger partial charge in [0, 0.05) is 6.54 Å². The highest BCUT2D eigenvalue weighted by molar-refractivity contribution is 8.00. The summed E-state index contributed by atoms with van der Waals surface area (Å²) < 4.78 is 52.2. The van der Waals surface area contributed by atoms with E-state index in [9.17, 15) is 23.1 Å². The summed E-state index contributed by atoms with van der Waals surface area (Å²) in [5.41, 5.74) is 1.32. The average molecular weight is 457 g/mol. The van der Waals surface area contributed by atoms with Crippen LogP contribution >= 0.6 is 11.8 Å². The molecular formula is C21H22F3NO5S. The molecule has 0 saturated carbocycles. The Hall–Kier alpha value is -2.59. The second kappa shape index (κ2) is 9.69. The van der Waals surface area contributed by atoms with Gasteiger partial charge in [-0.05, 0) is 36.8 Å². The minimum atomic E-state index is -4.76. The summed E-state index contributed by atoms with van der Waals surface area (Å²) in [6.07, 6.45) is -5.44. The first-order valence-electron chi connectivity index (χ1n) is 9.41. The zero-order chi connectivity index (χ0) is 22.6. The van der Waals surface area contributed by atoms with Gasteiger partial charge in [-0.25, -0.2) is 0 Å². The van der Waals surface area contributed by atoms with Crippen molar-refractivity contribution >= 4 is 17.7 Å². The standard InChI is InChI=1S/C21H22F3NO5S/c1-13(26)11-29-17-5-3-4-16(28-2)19(17)20-25(18(27)12-31-20)10-14-6-8-15(9-7-14)30-21(22,23)24/h3-9,13,20,26H,10-12H2,1-2H3. The minimum absolute atomic E-state index is 0.0756. The molecule has 10 heteroatoms. The largest absolute Gasteiger partial charge is 0.573 e. The van der Waals surface area contributed by atoms with E-state index in [1.54, 1.807) is 30.0 Å². The number of carbonyl (C=O) groups is 1. The molecule has 1 N–H and O–H groups in total. The number of amides is 1. The van der Waals surface area contributed by atoms with Crippen LogP contribution in [0.2, 0.25) is 0 Å². The molecule has 31 heavy (non-hydrogen) atoms. The van der Waals surface area contributed by atoms with Gasteiger partial charge in [0.2, 0.25) is 5.91 Å². The zero-order valence-electron chi connectivity index (χ0n) is 16.9. The monoisotopic (exact) mass is 457 g/mol. The molecule has 0 bridgehead atoms. The lowest BCUT2D eigenvalue weighted by molar-refractivity contribution is -0.274. The number of halogens is 3. The first-order valence-corrected chi connectivity index (χ1v) is 10.5. The van der Waals surface area contributed by atoms with E-state index in [1.807, 2.05) is 0 Å². The van der Waals surface area contributed by atoms with Crippen molar-refractivity contribution in [1.29, 1.82) is 0 Å². The smallest absolute Gasteiger partial charge is 0.496 e. The lowest BCUT2D eigenvalue weighted by atomic mass is 10.1. The molecule has 0 aliphatic carbocycles. The summed E-state index contributed by atoms with van der Waals surface area (Å²) >= 11 is 1.40. The number of ether oxygens (including phenoxy) is 3. The number of thioether (sulfide) groups is 1. The maximum atomic E-state index is 12.6. The lowest BCUT2D eigenvalue weighted by Gasteiger charge is -2.27. The molecule has 2 aromatic rings. The molecule has 2 aromatic carbocycles. The summed E-state index contributed by atoms with van der Waals surface area (Å²) in [5.74, 6) is 0.834. The predicted octanol–water partition coefficient (Wildman–Crippen LogP) is 4.13. The van der Waals surface area contributed by atoms with Crippen LogP contribution in [0.1, 0.15) is 23.4 Å². The predicted molar refractivity (Wildman–Crippen MR) is 109 cm³/mol. The number of alkyl halides is 3. The average Bonchev–Trinajstić information content (AvgIpc) is 3.06. The Kier molecular flexibility index (Phi) is 7.22. The summed E-state index contributed by atoms with van der Waals surface area (Å²) in [5, 5.41) is 9.15. The van der Waals surface area contributed by atoms with Crippen LogP contribution in [-0.4, -0.2) is 47.8 Å². The van der Waals surface area contributed by atoms with E-state index in [-0.39, 0.29) is 30.6 Å². The quantitative estimate of drug-likeness (QED) is 0.643. The van der Waals surface area contributed by atoms with Crippen molar-refractivity contribution in [2.45, 2.75) is 31.3 Å². The number of nitrogens with zero attached hydrogens (tertiary/aromatic N) is 1. The Morgan fingerprint density at radius 1 is 1.19 bits per heavy atom. The maximum Gasteiger partial charge on any atom is 0.573 e. The van der Waals surface area contributed by atoms with Crippen molar-refractivity contribution in [3.8, 4) is 17.2 Å². The van der Waals surface area contributed by atoms with Gasteiger partial charge in [0.1, 0.15) is 29.2 Å². The zero-order valence-corrected chi connectivity index (χ0v) is 17.7. The van der Waals surface area contributed by atoms with E-state index >= 15 is 0 Å². The molecular weight excluding hydrogens is 435 g/mol. The number of hydrogen-bond donors (Lipinski definition) is 1. The Morgan fingerprint density at radius 3 is 2.48 bits per heavy atom. The topological polar surface area (TPSA) is 68.2 Å². The van der Waals surface area contributed by atoms with E-state index < -0.39 is 17.8 Å². The maximum absolute atomic E-state index is 12.6. The van der Waals surface area contributed by atoms with Crippen LogP contribution in [0.15, 0.2) is 42.5 Å². The molecule has 3 rings (SSSR count). The SMILES string of the molecule is COc1cccc(OCC(C)O)c1C1SCC(=O)N1Cc1ccc(OC(F)(F)F)cc1. The van der Waals surface area contributed by atoms with Crippen molar-refractivity contribution in [3.05, 3.63) is 53.6 Å². The highest BCUT2D eigenvalue weighted by Gasteiger charge is 2.37. The van der Waals surface area contributed by atoms with E-state index in [0.717, 1.165) is 0 Å². The molecule has 2 atom stereocenters. The van der Waals surface area contributed by atoms with Crippen molar-refractivity contribution < 1.29 is 37.3 Å². The van der Waals surface area contributed by atoms with Crippen LogP contribution in [0.3, 0.4) is 0 Å². The Balaban J connectivity index is 1.85. The van der Waals surface area contributed by atoms with Crippen LogP contribution in [0.25, 0.3) is 0 Å². The van der Waals surface area contributed by atoms with Gasteiger partial charge in [-0.1, -0.05) is 18.2 Å². The fourth-order valence-corrected chi connectivity index (χ4v) is 4.38. The lowest BCUT2D eigenvalue weighted by Crippen LogP contribution is -2.28. The third kappa shape index (κ3) is 5.98. The van der Waals surface area contributed by atoms with Crippen LogP contribution in [0.5, 0.6) is 17.2 Å². The summed E-state index contributed by atoms with van der Waals surface area (Å²) in [4.78, 5) is 14.2. The second-order valence-electron chi connectivity index (χ2n) is 6.91. The van der Waals surface area contributed by atoms with E-state index in [4.69, 9.17) is 9.47 Å². The molecule has 1 amide bonds. The molecule has 6 nitrogen and oxygen atoms in total. The second-order valence-corrected chi connectivity index (χ2v) is 7.98. The van der Waals surface area contributed by atoms with Gasteiger partial charge >= 0.3 is 6.36 Å². The van der Waals surface area contributed by atoms with Gasteiger partial charge in [-0.15, -0.1) is 24.9 Å². The fraction of sp³-hybridized carbons (Fsp3) is 0.381. The molecule has 2 unspecified atom stereocenters. The molecule has 0 aromatic heterocycles. The third-order valence-electron chi connectivity index (χ3n) is 4.45. The Bertz CT molecular complexity index is 905. The molecule has 168 valence electrons. The third-order valence-corrected chi connectivity index (χ3v) is 5.67. The molecule has 1 aliphatic rings. The molecule has 1 heterocycles. The first kappa shape index (κ1) is 23.1. The molecule has 1 aliphatic heterocycles. The van der Waals surface area contributed by atoms with Crippen molar-refractivity contribution in [2.75, 3.05) is 19.5 Å². The summed E-state index contributed by atoms with van der Waals surface area (Å²) in [6, 6.07) is 10.7. The van der Waals surface area contributed by atoms with Crippen LogP contribution in [0.4, 0.5) is 13.2 Å². The van der Waals surface area contributed by atoms with Gasteiger partial charge in [-0.3, -0.25) is 4.79 Å². The van der Waals surface area contributed by atoms with Gasteiger partial charge in [0.15, 0.2) is 0 Å².